The third kappa shape index (κ3) is 4.87. The lowest BCUT2D eigenvalue weighted by atomic mass is 10.1. The fraction of sp³-hybridized carbons (Fsp3) is 0.208. The molecule has 4 rings (SSSR count). The van der Waals surface area contributed by atoms with Gasteiger partial charge in [0, 0.05) is 6.20 Å². The molecule has 0 radical (unpaired) electrons. The normalized spacial score (nSPS) is 11.6. The number of aryl methyl sites for hydroxylation is 1. The molecular formula is C24H23N3O3S2. The van der Waals surface area contributed by atoms with Gasteiger partial charge in [-0.05, 0) is 54.4 Å². The molecule has 0 bridgehead atoms. The number of aromatic nitrogens is 2. The number of amides is 1. The van der Waals surface area contributed by atoms with Crippen molar-refractivity contribution in [3.05, 3.63) is 83.7 Å². The molecule has 2 heterocycles. The molecule has 0 aliphatic carbocycles. The molecule has 2 aromatic heterocycles. The van der Waals surface area contributed by atoms with Crippen LogP contribution in [-0.2, 0) is 27.6 Å². The van der Waals surface area contributed by atoms with E-state index >= 15 is 0 Å². The van der Waals surface area contributed by atoms with E-state index in [9.17, 15) is 13.2 Å². The Morgan fingerprint density at radius 3 is 2.53 bits per heavy atom. The number of benzene rings is 2. The van der Waals surface area contributed by atoms with Crippen LogP contribution in [0.1, 0.15) is 23.7 Å². The van der Waals surface area contributed by atoms with Crippen LogP contribution in [-0.4, -0.2) is 30.0 Å². The molecule has 4 aromatic rings. The summed E-state index contributed by atoms with van der Waals surface area (Å²) >= 11 is 1.47. The maximum Gasteiger partial charge on any atom is 0.233 e. The van der Waals surface area contributed by atoms with Gasteiger partial charge in [-0.15, -0.1) is 0 Å². The highest BCUT2D eigenvalue weighted by Crippen LogP contribution is 2.31. The predicted octanol–water partition coefficient (Wildman–Crippen LogP) is 4.57. The highest BCUT2D eigenvalue weighted by Gasteiger charge is 2.21. The number of carbonyl (C=O) groups excluding carboxylic acids is 1. The quantitative estimate of drug-likeness (QED) is 0.399. The Morgan fingerprint density at radius 2 is 1.84 bits per heavy atom. The highest BCUT2D eigenvalue weighted by atomic mass is 32.2. The summed E-state index contributed by atoms with van der Waals surface area (Å²) < 4.78 is 25.1. The van der Waals surface area contributed by atoms with Crippen molar-refractivity contribution in [2.24, 2.45) is 0 Å². The Balaban J connectivity index is 1.63. The summed E-state index contributed by atoms with van der Waals surface area (Å²) in [4.78, 5) is 24.3. The van der Waals surface area contributed by atoms with Crippen molar-refractivity contribution in [1.29, 1.82) is 0 Å². The first-order chi connectivity index (χ1) is 15.4. The summed E-state index contributed by atoms with van der Waals surface area (Å²) in [7, 11) is -3.27. The lowest BCUT2D eigenvalue weighted by Crippen LogP contribution is -2.32. The third-order valence-electron chi connectivity index (χ3n) is 5.13. The Kier molecular flexibility index (Phi) is 6.34. The lowest BCUT2D eigenvalue weighted by molar-refractivity contribution is -0.118. The van der Waals surface area contributed by atoms with Crippen LogP contribution >= 0.6 is 11.3 Å². The van der Waals surface area contributed by atoms with Crippen LogP contribution in [0.5, 0.6) is 0 Å². The molecule has 6 nitrogen and oxygen atoms in total. The topological polar surface area (TPSA) is 80.2 Å². The molecule has 32 heavy (non-hydrogen) atoms. The van der Waals surface area contributed by atoms with Gasteiger partial charge in [-0.1, -0.05) is 42.5 Å². The fourth-order valence-electron chi connectivity index (χ4n) is 3.30. The molecule has 0 fully saturated rings. The molecule has 0 unspecified atom stereocenters. The predicted molar refractivity (Wildman–Crippen MR) is 128 cm³/mol. The van der Waals surface area contributed by atoms with Crippen LogP contribution in [0.15, 0.2) is 71.8 Å². The van der Waals surface area contributed by atoms with E-state index in [4.69, 9.17) is 0 Å². The van der Waals surface area contributed by atoms with Gasteiger partial charge >= 0.3 is 0 Å². The maximum absolute atomic E-state index is 13.3. The second-order valence-corrected chi connectivity index (χ2v) is 10.8. The molecule has 0 spiro atoms. The SMILES string of the molecule is CCS(=O)(=O)c1ccc(CC(=O)N(Cc2ccccn2)c2nc3ccc(C)cc3s2)cc1. The molecular weight excluding hydrogens is 442 g/mol. The summed E-state index contributed by atoms with van der Waals surface area (Å²) in [6.45, 7) is 3.95. The molecule has 8 heteroatoms. The van der Waals surface area contributed by atoms with Crippen LogP contribution in [0.4, 0.5) is 5.13 Å². The minimum atomic E-state index is -3.27. The van der Waals surface area contributed by atoms with Crippen LogP contribution in [0.3, 0.4) is 0 Å². The smallest absolute Gasteiger partial charge is 0.233 e. The Bertz CT molecular complexity index is 1350. The van der Waals surface area contributed by atoms with Gasteiger partial charge < -0.3 is 0 Å². The molecule has 0 saturated carbocycles. The highest BCUT2D eigenvalue weighted by molar-refractivity contribution is 7.91. The third-order valence-corrected chi connectivity index (χ3v) is 7.92. The lowest BCUT2D eigenvalue weighted by Gasteiger charge is -2.19. The summed E-state index contributed by atoms with van der Waals surface area (Å²) in [6.07, 6.45) is 1.83. The molecule has 164 valence electrons. The van der Waals surface area contributed by atoms with E-state index < -0.39 is 9.84 Å². The second kappa shape index (κ2) is 9.18. The number of hydrogen-bond donors (Lipinski definition) is 0. The van der Waals surface area contributed by atoms with Crippen molar-refractivity contribution in [2.45, 2.75) is 31.7 Å². The maximum atomic E-state index is 13.3. The number of hydrogen-bond acceptors (Lipinski definition) is 6. The number of nitrogens with zero attached hydrogens (tertiary/aromatic N) is 3. The van der Waals surface area contributed by atoms with Crippen molar-refractivity contribution < 1.29 is 13.2 Å². The van der Waals surface area contributed by atoms with Gasteiger partial charge in [0.05, 0.1) is 39.5 Å². The fourth-order valence-corrected chi connectivity index (χ4v) is 5.27. The first-order valence-corrected chi connectivity index (χ1v) is 12.7. The minimum Gasteiger partial charge on any atom is -0.282 e. The zero-order chi connectivity index (χ0) is 22.7. The van der Waals surface area contributed by atoms with E-state index in [2.05, 4.69) is 16.0 Å². The average Bonchev–Trinajstić information content (AvgIpc) is 3.21. The van der Waals surface area contributed by atoms with Gasteiger partial charge in [0.25, 0.3) is 0 Å². The molecule has 1 amide bonds. The molecule has 0 aliphatic heterocycles. The van der Waals surface area contributed by atoms with Crippen molar-refractivity contribution in [3.8, 4) is 0 Å². The Labute approximate surface area is 191 Å². The monoisotopic (exact) mass is 465 g/mol. The Morgan fingerprint density at radius 1 is 1.06 bits per heavy atom. The Hall–Kier alpha value is -3.10. The van der Waals surface area contributed by atoms with E-state index in [-0.39, 0.29) is 23.0 Å². The minimum absolute atomic E-state index is 0.0419. The van der Waals surface area contributed by atoms with Gasteiger partial charge in [0.1, 0.15) is 0 Å². The molecule has 0 N–H and O–H groups in total. The number of fused-ring (bicyclic) bond motifs is 1. The standard InChI is InChI=1S/C24H23N3O3S2/c1-3-32(29,30)20-10-8-18(9-11-20)15-23(28)27(16-19-6-4-5-13-25-19)24-26-21-12-7-17(2)14-22(21)31-24/h4-14H,3,15-16H2,1-2H3. The van der Waals surface area contributed by atoms with Gasteiger partial charge in [-0.3, -0.25) is 14.7 Å². The van der Waals surface area contributed by atoms with Crippen LogP contribution in [0, 0.1) is 6.92 Å². The largest absolute Gasteiger partial charge is 0.282 e. The van der Waals surface area contributed by atoms with E-state index in [1.165, 1.54) is 11.3 Å². The van der Waals surface area contributed by atoms with Gasteiger partial charge in [0.2, 0.25) is 5.91 Å². The van der Waals surface area contributed by atoms with Crippen LogP contribution < -0.4 is 4.90 Å². The first-order valence-electron chi connectivity index (χ1n) is 10.2. The summed E-state index contributed by atoms with van der Waals surface area (Å²) in [5, 5.41) is 0.617. The molecule has 2 aromatic carbocycles. The number of rotatable bonds is 7. The van der Waals surface area contributed by atoms with E-state index in [1.807, 2.05) is 37.3 Å². The van der Waals surface area contributed by atoms with E-state index in [1.54, 1.807) is 42.3 Å². The van der Waals surface area contributed by atoms with Gasteiger partial charge in [0.15, 0.2) is 15.0 Å². The molecule has 0 atom stereocenters. The molecule has 0 saturated heterocycles. The number of anilines is 1. The number of carbonyl (C=O) groups is 1. The first kappa shape index (κ1) is 22.1. The van der Waals surface area contributed by atoms with Crippen LogP contribution in [0.25, 0.3) is 10.2 Å². The van der Waals surface area contributed by atoms with E-state index in [0.29, 0.717) is 11.7 Å². The van der Waals surface area contributed by atoms with Crippen molar-refractivity contribution in [2.75, 3.05) is 10.7 Å². The number of sulfone groups is 1. The van der Waals surface area contributed by atoms with Crippen molar-refractivity contribution in [3.63, 3.8) is 0 Å². The zero-order valence-corrected chi connectivity index (χ0v) is 19.5. The van der Waals surface area contributed by atoms with Crippen molar-refractivity contribution in [1.82, 2.24) is 9.97 Å². The average molecular weight is 466 g/mol. The molecule has 0 aliphatic rings. The zero-order valence-electron chi connectivity index (χ0n) is 17.9. The van der Waals surface area contributed by atoms with Crippen molar-refractivity contribution >= 4 is 42.4 Å². The van der Waals surface area contributed by atoms with Gasteiger partial charge in [-0.2, -0.15) is 0 Å². The van der Waals surface area contributed by atoms with Crippen LogP contribution in [0.2, 0.25) is 0 Å². The van der Waals surface area contributed by atoms with Gasteiger partial charge in [-0.25, -0.2) is 13.4 Å². The second-order valence-electron chi connectivity index (χ2n) is 7.49. The van der Waals surface area contributed by atoms with E-state index in [0.717, 1.165) is 27.0 Å². The number of thiazole rings is 1. The summed E-state index contributed by atoms with van der Waals surface area (Å²) in [5.41, 5.74) is 3.50. The number of pyridine rings is 1. The summed E-state index contributed by atoms with van der Waals surface area (Å²) in [5.74, 6) is -0.0854. The summed E-state index contributed by atoms with van der Waals surface area (Å²) in [6, 6.07) is 18.1.